The second-order valence-corrected chi connectivity index (χ2v) is 4.51. The zero-order valence-electron chi connectivity index (χ0n) is 8.42. The quantitative estimate of drug-likeness (QED) is 0.639. The molecule has 2 unspecified atom stereocenters. The van der Waals surface area contributed by atoms with Gasteiger partial charge in [-0.2, -0.15) is 0 Å². The number of fused-ring (bicyclic) bond motifs is 1. The van der Waals surface area contributed by atoms with Gasteiger partial charge in [0.25, 0.3) is 0 Å². The van der Waals surface area contributed by atoms with E-state index in [-0.39, 0.29) is 5.92 Å². The summed E-state index contributed by atoms with van der Waals surface area (Å²) in [6, 6.07) is 0.586. The van der Waals surface area contributed by atoms with Gasteiger partial charge in [-0.3, -0.25) is 4.79 Å². The maximum Gasteiger partial charge on any atom is 0.225 e. The van der Waals surface area contributed by atoms with E-state index in [4.69, 9.17) is 0 Å². The predicted molar refractivity (Wildman–Crippen MR) is 51.3 cm³/mol. The van der Waals surface area contributed by atoms with E-state index in [2.05, 4.69) is 5.32 Å². The van der Waals surface area contributed by atoms with Crippen LogP contribution in [0.2, 0.25) is 0 Å². The lowest BCUT2D eigenvalue weighted by Gasteiger charge is -2.19. The molecule has 0 bridgehead atoms. The minimum absolute atomic E-state index is 0.152. The first-order valence-electron chi connectivity index (χ1n) is 5.20. The van der Waals surface area contributed by atoms with Crippen LogP contribution in [-0.4, -0.2) is 36.5 Å². The smallest absolute Gasteiger partial charge is 0.225 e. The number of hydrogen-bond acceptors (Lipinski definition) is 2. The van der Waals surface area contributed by atoms with Crippen LogP contribution in [0.4, 0.5) is 0 Å². The van der Waals surface area contributed by atoms with Crippen molar-refractivity contribution in [2.24, 2.45) is 11.8 Å². The number of nitrogens with zero attached hydrogens (tertiary/aromatic N) is 1. The Morgan fingerprint density at radius 3 is 2.85 bits per heavy atom. The van der Waals surface area contributed by atoms with Gasteiger partial charge in [-0.25, -0.2) is 0 Å². The summed E-state index contributed by atoms with van der Waals surface area (Å²) < 4.78 is 0. The molecule has 0 aromatic carbocycles. The first-order valence-corrected chi connectivity index (χ1v) is 5.20. The number of amides is 1. The van der Waals surface area contributed by atoms with Crippen LogP contribution in [0.25, 0.3) is 0 Å². The number of rotatable bonds is 1. The molecule has 0 aromatic heterocycles. The molecule has 2 heterocycles. The van der Waals surface area contributed by atoms with Crippen molar-refractivity contribution in [1.29, 1.82) is 0 Å². The molecule has 1 N–H and O–H groups in total. The molecule has 0 saturated carbocycles. The minimum atomic E-state index is 0.152. The summed E-state index contributed by atoms with van der Waals surface area (Å²) in [6.45, 7) is 7.00. The summed E-state index contributed by atoms with van der Waals surface area (Å²) >= 11 is 0. The van der Waals surface area contributed by atoms with Gasteiger partial charge >= 0.3 is 0 Å². The van der Waals surface area contributed by atoms with E-state index in [9.17, 15) is 4.79 Å². The topological polar surface area (TPSA) is 32.3 Å². The monoisotopic (exact) mass is 182 g/mol. The molecule has 74 valence electrons. The maximum atomic E-state index is 11.7. The molecule has 1 amide bonds. The Morgan fingerprint density at radius 2 is 2.23 bits per heavy atom. The number of nitrogens with one attached hydrogen (secondary N) is 1. The van der Waals surface area contributed by atoms with Gasteiger partial charge in [-0.15, -0.1) is 0 Å². The molecule has 2 saturated heterocycles. The van der Waals surface area contributed by atoms with Crippen molar-refractivity contribution in [3.8, 4) is 0 Å². The van der Waals surface area contributed by atoms with Crippen molar-refractivity contribution < 1.29 is 4.79 Å². The lowest BCUT2D eigenvalue weighted by Crippen LogP contribution is -2.36. The van der Waals surface area contributed by atoms with Gasteiger partial charge in [0.2, 0.25) is 5.91 Å². The van der Waals surface area contributed by atoms with E-state index in [1.54, 1.807) is 0 Å². The Hall–Kier alpha value is -0.570. The Bertz CT molecular complexity index is 203. The van der Waals surface area contributed by atoms with Crippen LogP contribution in [0.15, 0.2) is 0 Å². The third-order valence-electron chi connectivity index (χ3n) is 3.17. The molecule has 0 spiro atoms. The van der Waals surface area contributed by atoms with Crippen molar-refractivity contribution in [2.45, 2.75) is 26.3 Å². The average Bonchev–Trinajstić information content (AvgIpc) is 2.59. The van der Waals surface area contributed by atoms with Crippen LogP contribution in [0.3, 0.4) is 0 Å². The molecule has 0 aliphatic carbocycles. The van der Waals surface area contributed by atoms with Crippen LogP contribution < -0.4 is 5.32 Å². The summed E-state index contributed by atoms with van der Waals surface area (Å²) in [5, 5.41) is 3.45. The highest BCUT2D eigenvalue weighted by Crippen LogP contribution is 2.25. The highest BCUT2D eigenvalue weighted by Gasteiger charge is 2.38. The molecule has 0 aromatic rings. The molecule has 3 nitrogen and oxygen atoms in total. The minimum Gasteiger partial charge on any atom is -0.341 e. The van der Waals surface area contributed by atoms with Crippen LogP contribution in [-0.2, 0) is 4.79 Å². The van der Waals surface area contributed by atoms with E-state index in [1.165, 1.54) is 6.42 Å². The highest BCUT2D eigenvalue weighted by molar-refractivity contribution is 5.78. The lowest BCUT2D eigenvalue weighted by atomic mass is 10.1. The Morgan fingerprint density at radius 1 is 1.46 bits per heavy atom. The fourth-order valence-electron chi connectivity index (χ4n) is 2.39. The van der Waals surface area contributed by atoms with Gasteiger partial charge in [0.15, 0.2) is 0 Å². The standard InChI is InChI=1S/C10H18N2O/c1-7(2)10(13)12-5-8-3-4-11-9(8)6-12/h7-9,11H,3-6H2,1-2H3. The maximum absolute atomic E-state index is 11.7. The molecule has 2 aliphatic rings. The Kier molecular flexibility index (Phi) is 2.28. The third kappa shape index (κ3) is 1.57. The van der Waals surface area contributed by atoms with E-state index in [1.807, 2.05) is 18.7 Å². The zero-order chi connectivity index (χ0) is 9.42. The van der Waals surface area contributed by atoms with Crippen LogP contribution in [0, 0.1) is 11.8 Å². The van der Waals surface area contributed by atoms with Gasteiger partial charge in [0.1, 0.15) is 0 Å². The van der Waals surface area contributed by atoms with E-state index in [0.29, 0.717) is 11.9 Å². The Balaban J connectivity index is 1.95. The van der Waals surface area contributed by atoms with Gasteiger partial charge in [-0.1, -0.05) is 13.8 Å². The van der Waals surface area contributed by atoms with Gasteiger partial charge in [-0.05, 0) is 18.9 Å². The van der Waals surface area contributed by atoms with Crippen molar-refractivity contribution in [3.63, 3.8) is 0 Å². The molecule has 2 atom stereocenters. The van der Waals surface area contributed by atoms with E-state index >= 15 is 0 Å². The Labute approximate surface area is 79.5 Å². The predicted octanol–water partition coefficient (Wildman–Crippen LogP) is 0.463. The largest absolute Gasteiger partial charge is 0.341 e. The van der Waals surface area contributed by atoms with Crippen molar-refractivity contribution in [3.05, 3.63) is 0 Å². The third-order valence-corrected chi connectivity index (χ3v) is 3.17. The van der Waals surface area contributed by atoms with Gasteiger partial charge in [0, 0.05) is 25.0 Å². The summed E-state index contributed by atoms with van der Waals surface area (Å²) in [4.78, 5) is 13.7. The molecule has 2 rings (SSSR count). The average molecular weight is 182 g/mol. The van der Waals surface area contributed by atoms with Crippen LogP contribution in [0.5, 0.6) is 0 Å². The molecule has 3 heteroatoms. The summed E-state index contributed by atoms with van der Waals surface area (Å²) in [7, 11) is 0. The summed E-state index contributed by atoms with van der Waals surface area (Å²) in [5.74, 6) is 1.19. The molecule has 13 heavy (non-hydrogen) atoms. The fraction of sp³-hybridized carbons (Fsp3) is 0.900. The van der Waals surface area contributed by atoms with Crippen molar-refractivity contribution in [1.82, 2.24) is 10.2 Å². The number of carbonyl (C=O) groups is 1. The number of hydrogen-bond donors (Lipinski definition) is 1. The second-order valence-electron chi connectivity index (χ2n) is 4.51. The molecular weight excluding hydrogens is 164 g/mol. The fourth-order valence-corrected chi connectivity index (χ4v) is 2.39. The molecule has 2 aliphatic heterocycles. The van der Waals surface area contributed by atoms with Crippen molar-refractivity contribution in [2.75, 3.05) is 19.6 Å². The number of carbonyl (C=O) groups excluding carboxylic acids is 1. The molecule has 2 fully saturated rings. The van der Waals surface area contributed by atoms with Gasteiger partial charge < -0.3 is 10.2 Å². The van der Waals surface area contributed by atoms with E-state index in [0.717, 1.165) is 25.6 Å². The van der Waals surface area contributed by atoms with Crippen molar-refractivity contribution >= 4 is 5.91 Å². The highest BCUT2D eigenvalue weighted by atomic mass is 16.2. The van der Waals surface area contributed by atoms with E-state index < -0.39 is 0 Å². The normalized spacial score (nSPS) is 32.7. The zero-order valence-corrected chi connectivity index (χ0v) is 8.42. The van der Waals surface area contributed by atoms with Crippen LogP contribution >= 0.6 is 0 Å². The van der Waals surface area contributed by atoms with Crippen LogP contribution in [0.1, 0.15) is 20.3 Å². The lowest BCUT2D eigenvalue weighted by molar-refractivity contribution is -0.133. The first-order chi connectivity index (χ1) is 6.18. The molecule has 0 radical (unpaired) electrons. The first kappa shape index (κ1) is 9.00. The summed E-state index contributed by atoms with van der Waals surface area (Å²) in [6.07, 6.45) is 1.24. The van der Waals surface area contributed by atoms with Gasteiger partial charge in [0.05, 0.1) is 0 Å². The second kappa shape index (κ2) is 3.29. The SMILES string of the molecule is CC(C)C(=O)N1CC2CCNC2C1. The summed E-state index contributed by atoms with van der Waals surface area (Å²) in [5.41, 5.74) is 0. The molecular formula is C10H18N2O. The number of likely N-dealkylation sites (tertiary alicyclic amines) is 1.